The average molecular weight is 344 g/mol. The fourth-order valence-corrected chi connectivity index (χ4v) is 2.80. The van der Waals surface area contributed by atoms with Gasteiger partial charge >= 0.3 is 0 Å². The Hall–Kier alpha value is -1.65. The van der Waals surface area contributed by atoms with Crippen molar-refractivity contribution >= 4 is 26.8 Å². The Bertz CT molecular complexity index is 749. The van der Waals surface area contributed by atoms with Crippen LogP contribution in [0.3, 0.4) is 0 Å². The topological polar surface area (TPSA) is 29.9 Å². The van der Waals surface area contributed by atoms with Gasteiger partial charge in [0.05, 0.1) is 17.4 Å². The number of hydrogen-bond acceptors (Lipinski definition) is 2. The van der Waals surface area contributed by atoms with Crippen molar-refractivity contribution in [3.63, 3.8) is 0 Å². The molecular weight excluding hydrogens is 326 g/mol. The van der Waals surface area contributed by atoms with Crippen molar-refractivity contribution in [1.82, 2.24) is 15.1 Å². The Morgan fingerprint density at radius 2 is 2.05 bits per heavy atom. The molecule has 3 rings (SSSR count). The Kier molecular flexibility index (Phi) is 4.36. The highest BCUT2D eigenvalue weighted by Gasteiger charge is 2.09. The van der Waals surface area contributed by atoms with Crippen LogP contribution >= 0.6 is 15.9 Å². The minimum Gasteiger partial charge on any atom is -0.313 e. The van der Waals surface area contributed by atoms with Gasteiger partial charge in [0, 0.05) is 16.4 Å². The number of benzene rings is 2. The molecule has 2 aromatic carbocycles. The van der Waals surface area contributed by atoms with Crippen LogP contribution in [0.1, 0.15) is 18.9 Å². The number of aromatic nitrogens is 2. The minimum atomic E-state index is 0.852. The molecule has 3 nitrogen and oxygen atoms in total. The highest BCUT2D eigenvalue weighted by Crippen LogP contribution is 2.24. The van der Waals surface area contributed by atoms with E-state index < -0.39 is 0 Å². The van der Waals surface area contributed by atoms with Gasteiger partial charge in [-0.05, 0) is 36.7 Å². The van der Waals surface area contributed by atoms with Gasteiger partial charge in [0.15, 0.2) is 0 Å². The Morgan fingerprint density at radius 3 is 2.90 bits per heavy atom. The van der Waals surface area contributed by atoms with Crippen LogP contribution in [0, 0.1) is 0 Å². The van der Waals surface area contributed by atoms with E-state index in [1.807, 2.05) is 23.0 Å². The van der Waals surface area contributed by atoms with Crippen LogP contribution in [-0.4, -0.2) is 16.3 Å². The molecule has 0 radical (unpaired) electrons. The monoisotopic (exact) mass is 343 g/mol. The molecule has 0 amide bonds. The predicted molar refractivity (Wildman–Crippen MR) is 90.8 cm³/mol. The van der Waals surface area contributed by atoms with Gasteiger partial charge in [0.25, 0.3) is 0 Å². The van der Waals surface area contributed by atoms with Crippen LogP contribution in [0.15, 0.2) is 53.1 Å². The van der Waals surface area contributed by atoms with Crippen LogP contribution < -0.4 is 5.32 Å². The summed E-state index contributed by atoms with van der Waals surface area (Å²) in [6, 6.07) is 14.6. The van der Waals surface area contributed by atoms with Crippen molar-refractivity contribution in [1.29, 1.82) is 0 Å². The summed E-state index contributed by atoms with van der Waals surface area (Å²) >= 11 is 3.57. The van der Waals surface area contributed by atoms with Gasteiger partial charge in [-0.3, -0.25) is 0 Å². The summed E-state index contributed by atoms with van der Waals surface area (Å²) in [7, 11) is 0. The molecule has 3 aromatic rings. The minimum absolute atomic E-state index is 0.852. The lowest BCUT2D eigenvalue weighted by atomic mass is 10.1. The molecule has 0 bridgehead atoms. The molecule has 0 aliphatic heterocycles. The summed E-state index contributed by atoms with van der Waals surface area (Å²) in [5.74, 6) is 0. The highest BCUT2D eigenvalue weighted by atomic mass is 79.9. The number of rotatable bonds is 5. The molecule has 0 atom stereocenters. The zero-order valence-electron chi connectivity index (χ0n) is 12.0. The second-order valence-electron chi connectivity index (χ2n) is 5.06. The molecular formula is C17H18BrN3. The third-order valence-electron chi connectivity index (χ3n) is 3.49. The van der Waals surface area contributed by atoms with Gasteiger partial charge in [-0.25, -0.2) is 4.68 Å². The maximum absolute atomic E-state index is 4.56. The SMILES string of the molecule is CCCNCc1ccc(Br)cc1-n1ncc2ccccc21. The molecule has 1 N–H and O–H groups in total. The molecule has 0 saturated heterocycles. The summed E-state index contributed by atoms with van der Waals surface area (Å²) < 4.78 is 3.08. The molecule has 1 aromatic heterocycles. The van der Waals surface area contributed by atoms with Gasteiger partial charge in [0.2, 0.25) is 0 Å². The number of fused-ring (bicyclic) bond motifs is 1. The predicted octanol–water partition coefficient (Wildman–Crippen LogP) is 4.29. The molecule has 0 aliphatic rings. The maximum atomic E-state index is 4.56. The van der Waals surface area contributed by atoms with E-state index in [1.54, 1.807) is 0 Å². The second-order valence-corrected chi connectivity index (χ2v) is 5.98. The Labute approximate surface area is 133 Å². The molecule has 108 valence electrons. The van der Waals surface area contributed by atoms with E-state index in [2.05, 4.69) is 63.6 Å². The molecule has 4 heteroatoms. The Balaban J connectivity index is 2.05. The molecule has 21 heavy (non-hydrogen) atoms. The first kappa shape index (κ1) is 14.3. The average Bonchev–Trinajstić information content (AvgIpc) is 2.93. The zero-order valence-corrected chi connectivity index (χ0v) is 13.6. The standard InChI is InChI=1S/C17H18BrN3/c1-2-9-19-11-14-7-8-15(18)10-17(14)21-16-6-4-3-5-13(16)12-20-21/h3-8,10,12,19H,2,9,11H2,1H3. The number of para-hydroxylation sites is 1. The molecule has 1 heterocycles. The zero-order chi connectivity index (χ0) is 14.7. The third-order valence-corrected chi connectivity index (χ3v) is 3.99. The fraction of sp³-hybridized carbons (Fsp3) is 0.235. The molecule has 0 aliphatic carbocycles. The van der Waals surface area contributed by atoms with Crippen LogP contribution in [-0.2, 0) is 6.54 Å². The summed E-state index contributed by atoms with van der Waals surface area (Å²) in [5, 5.41) is 9.19. The van der Waals surface area contributed by atoms with E-state index >= 15 is 0 Å². The van der Waals surface area contributed by atoms with E-state index in [0.717, 1.165) is 40.6 Å². The maximum Gasteiger partial charge on any atom is 0.0741 e. The lowest BCUT2D eigenvalue weighted by Gasteiger charge is -2.12. The van der Waals surface area contributed by atoms with E-state index in [4.69, 9.17) is 0 Å². The highest BCUT2D eigenvalue weighted by molar-refractivity contribution is 9.10. The molecule has 0 unspecified atom stereocenters. The van der Waals surface area contributed by atoms with Crippen molar-refractivity contribution in [3.05, 3.63) is 58.7 Å². The van der Waals surface area contributed by atoms with Gasteiger partial charge in [-0.2, -0.15) is 5.10 Å². The number of nitrogens with one attached hydrogen (secondary N) is 1. The number of nitrogens with zero attached hydrogens (tertiary/aromatic N) is 2. The van der Waals surface area contributed by atoms with Crippen molar-refractivity contribution < 1.29 is 0 Å². The largest absolute Gasteiger partial charge is 0.313 e. The van der Waals surface area contributed by atoms with Crippen molar-refractivity contribution in [3.8, 4) is 5.69 Å². The van der Waals surface area contributed by atoms with E-state index in [-0.39, 0.29) is 0 Å². The van der Waals surface area contributed by atoms with E-state index in [1.165, 1.54) is 5.56 Å². The van der Waals surface area contributed by atoms with Gasteiger partial charge in [0.1, 0.15) is 0 Å². The summed E-state index contributed by atoms with van der Waals surface area (Å²) in [6.07, 6.45) is 3.05. The molecule has 0 fully saturated rings. The number of halogens is 1. The van der Waals surface area contributed by atoms with Gasteiger partial charge in [-0.15, -0.1) is 0 Å². The van der Waals surface area contributed by atoms with Gasteiger partial charge in [-0.1, -0.05) is 47.1 Å². The third kappa shape index (κ3) is 3.01. The lowest BCUT2D eigenvalue weighted by Crippen LogP contribution is -2.15. The summed E-state index contributed by atoms with van der Waals surface area (Å²) in [4.78, 5) is 0. The first-order chi connectivity index (χ1) is 10.3. The van der Waals surface area contributed by atoms with Crippen LogP contribution in [0.2, 0.25) is 0 Å². The van der Waals surface area contributed by atoms with Crippen LogP contribution in [0.4, 0.5) is 0 Å². The molecule has 0 saturated carbocycles. The van der Waals surface area contributed by atoms with Gasteiger partial charge < -0.3 is 5.32 Å². The normalized spacial score (nSPS) is 11.1. The van der Waals surface area contributed by atoms with Crippen LogP contribution in [0.25, 0.3) is 16.6 Å². The Morgan fingerprint density at radius 1 is 1.19 bits per heavy atom. The fourth-order valence-electron chi connectivity index (χ4n) is 2.45. The summed E-state index contributed by atoms with van der Waals surface area (Å²) in [5.41, 5.74) is 3.50. The van der Waals surface area contributed by atoms with E-state index in [9.17, 15) is 0 Å². The van der Waals surface area contributed by atoms with Crippen molar-refractivity contribution in [2.75, 3.05) is 6.54 Å². The lowest BCUT2D eigenvalue weighted by molar-refractivity contribution is 0.671. The summed E-state index contributed by atoms with van der Waals surface area (Å²) in [6.45, 7) is 4.05. The smallest absolute Gasteiger partial charge is 0.0741 e. The first-order valence-electron chi connectivity index (χ1n) is 7.22. The molecule has 0 spiro atoms. The number of hydrogen-bond donors (Lipinski definition) is 1. The van der Waals surface area contributed by atoms with Crippen molar-refractivity contribution in [2.24, 2.45) is 0 Å². The van der Waals surface area contributed by atoms with E-state index in [0.29, 0.717) is 0 Å². The van der Waals surface area contributed by atoms with Crippen molar-refractivity contribution in [2.45, 2.75) is 19.9 Å². The second kappa shape index (κ2) is 6.41. The first-order valence-corrected chi connectivity index (χ1v) is 8.01. The quantitative estimate of drug-likeness (QED) is 0.700. The van der Waals surface area contributed by atoms with Crippen LogP contribution in [0.5, 0.6) is 0 Å².